The van der Waals surface area contributed by atoms with E-state index in [0.717, 1.165) is 25.6 Å². The molecule has 0 unspecified atom stereocenters. The second kappa shape index (κ2) is 10.3. The summed E-state index contributed by atoms with van der Waals surface area (Å²) in [5.41, 5.74) is -1.79. The van der Waals surface area contributed by atoms with Crippen LogP contribution in [-0.2, 0) is 18.8 Å². The van der Waals surface area contributed by atoms with Gasteiger partial charge in [-0.15, -0.1) is 0 Å². The molecule has 2 amide bonds. The third-order valence-electron chi connectivity index (χ3n) is 6.78. The predicted octanol–water partition coefficient (Wildman–Crippen LogP) is 5.49. The van der Waals surface area contributed by atoms with Gasteiger partial charge in [-0.1, -0.05) is 12.8 Å². The lowest BCUT2D eigenvalue weighted by molar-refractivity contribution is 0.00578. The van der Waals surface area contributed by atoms with Gasteiger partial charge in [-0.3, -0.25) is 0 Å². The molecule has 0 aromatic heterocycles. The zero-order valence-corrected chi connectivity index (χ0v) is 23.3. The number of hydrogen-bond acceptors (Lipinski definition) is 6. The predicted molar refractivity (Wildman–Crippen MR) is 134 cm³/mol. The largest absolute Gasteiger partial charge is 0.457 e. The average Bonchev–Trinajstić information content (AvgIpc) is 3.13. The van der Waals surface area contributed by atoms with Gasteiger partial charge in [-0.05, 0) is 88.4 Å². The van der Waals surface area contributed by atoms with E-state index >= 15 is 0 Å². The van der Waals surface area contributed by atoms with Crippen LogP contribution in [0, 0.1) is 0 Å². The van der Waals surface area contributed by atoms with Crippen LogP contribution in [0.1, 0.15) is 94.9 Å². The van der Waals surface area contributed by atoms with Gasteiger partial charge >= 0.3 is 19.3 Å². The molecule has 0 bridgehead atoms. The van der Waals surface area contributed by atoms with Gasteiger partial charge in [0.25, 0.3) is 0 Å². The molecule has 2 fully saturated rings. The highest BCUT2D eigenvalue weighted by Crippen LogP contribution is 2.38. The van der Waals surface area contributed by atoms with Crippen molar-refractivity contribution >= 4 is 19.3 Å². The lowest BCUT2D eigenvalue weighted by Crippen LogP contribution is -2.44. The molecule has 0 aliphatic carbocycles. The standard InChI is InChI=1S/C25H47BN2O6/c1-22(2,3)31-20(29)27(11)19-16-18(28(17-19)21(30)32-23(4,5)6)14-12-13-15-26-33-24(7,8)25(9,10)34-26/h18-19H,12-17H2,1-11H3/t18-,19+/m0/s1. The molecule has 2 aliphatic heterocycles. The Morgan fingerprint density at radius 3 is 2.00 bits per heavy atom. The third-order valence-corrected chi connectivity index (χ3v) is 6.78. The van der Waals surface area contributed by atoms with Crippen LogP contribution in [0.5, 0.6) is 0 Å². The second-order valence-corrected chi connectivity index (χ2v) is 12.7. The molecule has 2 saturated heterocycles. The first kappa shape index (κ1) is 28.8. The fourth-order valence-corrected chi connectivity index (χ4v) is 4.25. The lowest BCUT2D eigenvalue weighted by atomic mass is 9.82. The van der Waals surface area contributed by atoms with Crippen molar-refractivity contribution in [1.82, 2.24) is 9.80 Å². The van der Waals surface area contributed by atoms with Gasteiger partial charge in [-0.25, -0.2) is 9.59 Å². The highest BCUT2D eigenvalue weighted by molar-refractivity contribution is 6.45. The van der Waals surface area contributed by atoms with Gasteiger partial charge in [-0.2, -0.15) is 0 Å². The van der Waals surface area contributed by atoms with Crippen molar-refractivity contribution in [2.45, 2.75) is 136 Å². The normalized spacial score (nSPS) is 24.3. The fourth-order valence-electron chi connectivity index (χ4n) is 4.25. The van der Waals surface area contributed by atoms with E-state index in [1.165, 1.54) is 0 Å². The van der Waals surface area contributed by atoms with Gasteiger partial charge in [0, 0.05) is 19.6 Å². The second-order valence-electron chi connectivity index (χ2n) is 12.7. The van der Waals surface area contributed by atoms with Gasteiger partial charge in [0.2, 0.25) is 0 Å². The Morgan fingerprint density at radius 1 is 0.971 bits per heavy atom. The number of unbranched alkanes of at least 4 members (excludes halogenated alkanes) is 1. The third kappa shape index (κ3) is 7.77. The smallest absolute Gasteiger partial charge is 0.444 e. The number of hydrogen-bond donors (Lipinski definition) is 0. The summed E-state index contributed by atoms with van der Waals surface area (Å²) in [6.45, 7) is 19.8. The molecule has 2 atom stereocenters. The maximum Gasteiger partial charge on any atom is 0.457 e. The lowest BCUT2D eigenvalue weighted by Gasteiger charge is -2.32. The first-order chi connectivity index (χ1) is 15.3. The van der Waals surface area contributed by atoms with Crippen molar-refractivity contribution in [2.75, 3.05) is 13.6 Å². The summed E-state index contributed by atoms with van der Waals surface area (Å²) in [4.78, 5) is 29.0. The average molecular weight is 482 g/mol. The van der Waals surface area contributed by atoms with Gasteiger partial charge < -0.3 is 28.6 Å². The van der Waals surface area contributed by atoms with E-state index in [4.69, 9.17) is 18.8 Å². The summed E-state index contributed by atoms with van der Waals surface area (Å²) in [5, 5.41) is 0. The van der Waals surface area contributed by atoms with E-state index in [0.29, 0.717) is 13.0 Å². The zero-order chi connectivity index (χ0) is 26.1. The van der Waals surface area contributed by atoms with Crippen LogP contribution in [-0.4, -0.2) is 77.2 Å². The van der Waals surface area contributed by atoms with E-state index in [1.54, 1.807) is 16.8 Å². The Labute approximate surface area is 207 Å². The fraction of sp³-hybridized carbons (Fsp3) is 0.920. The molecule has 2 rings (SSSR count). The Hall–Kier alpha value is -1.48. The minimum absolute atomic E-state index is 0.00281. The number of likely N-dealkylation sites (tertiary alicyclic amines) is 1. The van der Waals surface area contributed by atoms with Crippen molar-refractivity contribution in [3.05, 3.63) is 0 Å². The Bertz CT molecular complexity index is 712. The maximum absolute atomic E-state index is 13.0. The molecule has 8 nitrogen and oxygen atoms in total. The summed E-state index contributed by atoms with van der Waals surface area (Å²) >= 11 is 0. The number of ether oxygens (including phenoxy) is 2. The summed E-state index contributed by atoms with van der Waals surface area (Å²) < 4.78 is 23.4. The summed E-state index contributed by atoms with van der Waals surface area (Å²) in [6.07, 6.45) is 3.50. The molecule has 2 heterocycles. The highest BCUT2D eigenvalue weighted by atomic mass is 16.7. The van der Waals surface area contributed by atoms with E-state index in [-0.39, 0.29) is 42.6 Å². The zero-order valence-electron chi connectivity index (χ0n) is 23.3. The quantitative estimate of drug-likeness (QED) is 0.368. The summed E-state index contributed by atoms with van der Waals surface area (Å²) in [6, 6.07) is -0.113. The van der Waals surface area contributed by atoms with E-state index in [2.05, 4.69) is 27.7 Å². The molecule has 34 heavy (non-hydrogen) atoms. The van der Waals surface area contributed by atoms with Gasteiger partial charge in [0.1, 0.15) is 11.2 Å². The Morgan fingerprint density at radius 2 is 1.50 bits per heavy atom. The first-order valence-corrected chi connectivity index (χ1v) is 12.6. The van der Waals surface area contributed by atoms with Crippen molar-refractivity contribution < 1.29 is 28.4 Å². The number of carbonyl (C=O) groups is 2. The van der Waals surface area contributed by atoms with Crippen LogP contribution in [0.4, 0.5) is 9.59 Å². The number of rotatable bonds is 6. The molecule has 0 saturated carbocycles. The summed E-state index contributed by atoms with van der Waals surface area (Å²) in [7, 11) is 1.54. The molecule has 0 spiro atoms. The van der Waals surface area contributed by atoms with Crippen molar-refractivity contribution in [2.24, 2.45) is 0 Å². The van der Waals surface area contributed by atoms with E-state index in [9.17, 15) is 9.59 Å². The van der Waals surface area contributed by atoms with Crippen LogP contribution in [0.2, 0.25) is 6.32 Å². The number of nitrogens with zero attached hydrogens (tertiary/aromatic N) is 2. The molecule has 0 aromatic rings. The van der Waals surface area contributed by atoms with Crippen LogP contribution in [0.15, 0.2) is 0 Å². The Balaban J connectivity index is 1.97. The monoisotopic (exact) mass is 482 g/mol. The van der Waals surface area contributed by atoms with E-state index < -0.39 is 11.2 Å². The van der Waals surface area contributed by atoms with Crippen molar-refractivity contribution in [1.29, 1.82) is 0 Å². The molecule has 196 valence electrons. The van der Waals surface area contributed by atoms with Crippen molar-refractivity contribution in [3.8, 4) is 0 Å². The van der Waals surface area contributed by atoms with Gasteiger partial charge in [0.05, 0.1) is 17.2 Å². The van der Waals surface area contributed by atoms with Gasteiger partial charge in [0.15, 0.2) is 0 Å². The number of carbonyl (C=O) groups excluding carboxylic acids is 2. The summed E-state index contributed by atoms with van der Waals surface area (Å²) in [5.74, 6) is 0. The SMILES string of the molecule is CN(C(=O)OC(C)(C)C)[C@@H]1C[C@H](CCCCB2OC(C)(C)C(C)(C)O2)N(C(=O)OC(C)(C)C)C1. The molecular formula is C25H47BN2O6. The van der Waals surface area contributed by atoms with Crippen molar-refractivity contribution in [3.63, 3.8) is 0 Å². The van der Waals surface area contributed by atoms with Crippen LogP contribution >= 0.6 is 0 Å². The number of amides is 2. The molecular weight excluding hydrogens is 435 g/mol. The molecule has 0 N–H and O–H groups in total. The molecule has 2 aliphatic rings. The molecule has 0 radical (unpaired) electrons. The molecule has 9 heteroatoms. The maximum atomic E-state index is 13.0. The Kier molecular flexibility index (Phi) is 8.67. The minimum atomic E-state index is -0.576. The van der Waals surface area contributed by atoms with Crippen LogP contribution < -0.4 is 0 Å². The molecule has 0 aromatic carbocycles. The van der Waals surface area contributed by atoms with Crippen LogP contribution in [0.25, 0.3) is 0 Å². The van der Waals surface area contributed by atoms with Crippen LogP contribution in [0.3, 0.4) is 0 Å². The first-order valence-electron chi connectivity index (χ1n) is 12.6. The topological polar surface area (TPSA) is 77.5 Å². The number of likely N-dealkylation sites (N-methyl/N-ethyl adjacent to an activating group) is 1. The van der Waals surface area contributed by atoms with E-state index in [1.807, 2.05) is 41.5 Å². The highest BCUT2D eigenvalue weighted by Gasteiger charge is 2.50. The minimum Gasteiger partial charge on any atom is -0.444 e.